The van der Waals surface area contributed by atoms with Gasteiger partial charge in [0.1, 0.15) is 0 Å². The third-order valence-corrected chi connectivity index (χ3v) is 11.7. The number of hydrogen-bond donors (Lipinski definition) is 1. The second-order valence-electron chi connectivity index (χ2n) is 3.22. The van der Waals surface area contributed by atoms with E-state index in [1.54, 1.807) is 0 Å². The Morgan fingerprint density at radius 1 is 1.09 bits per heavy atom. The Balaban J connectivity index is 4.44. The van der Waals surface area contributed by atoms with E-state index in [0.717, 1.165) is 24.6 Å². The fourth-order valence-electron chi connectivity index (χ4n) is 1.40. The van der Waals surface area contributed by atoms with E-state index in [4.69, 9.17) is 16.3 Å². The second kappa shape index (κ2) is 4.07. The molecule has 0 aromatic carbocycles. The SMILES string of the molecule is CCP(Cl)(CC)(CC)CCO. The summed E-state index contributed by atoms with van der Waals surface area (Å²) in [6.45, 7) is 6.69. The summed E-state index contributed by atoms with van der Waals surface area (Å²) < 4.78 is 0. The molecule has 3 heteroatoms. The topological polar surface area (TPSA) is 20.2 Å². The fraction of sp³-hybridized carbons (Fsp3) is 1.00. The van der Waals surface area contributed by atoms with Gasteiger partial charge in [-0.3, -0.25) is 0 Å². The van der Waals surface area contributed by atoms with Gasteiger partial charge in [-0.1, -0.05) is 0 Å². The van der Waals surface area contributed by atoms with Crippen molar-refractivity contribution < 1.29 is 5.11 Å². The molecular formula is C8H20ClOP. The van der Waals surface area contributed by atoms with E-state index in [-0.39, 0.29) is 6.61 Å². The van der Waals surface area contributed by atoms with Crippen molar-refractivity contribution in [3.05, 3.63) is 0 Å². The summed E-state index contributed by atoms with van der Waals surface area (Å²) in [5.74, 6) is -1.96. The van der Waals surface area contributed by atoms with Crippen molar-refractivity contribution in [3.8, 4) is 0 Å². The van der Waals surface area contributed by atoms with Crippen molar-refractivity contribution in [1.29, 1.82) is 0 Å². The zero-order valence-corrected chi connectivity index (χ0v) is 9.46. The van der Waals surface area contributed by atoms with Crippen molar-refractivity contribution in [2.24, 2.45) is 0 Å². The van der Waals surface area contributed by atoms with Gasteiger partial charge in [-0.15, -0.1) is 0 Å². The van der Waals surface area contributed by atoms with Gasteiger partial charge in [-0.05, 0) is 0 Å². The molecule has 0 saturated carbocycles. The Kier molecular flexibility index (Phi) is 4.32. The van der Waals surface area contributed by atoms with Gasteiger partial charge in [0.05, 0.1) is 0 Å². The summed E-state index contributed by atoms with van der Waals surface area (Å²) >= 11 is 6.62. The quantitative estimate of drug-likeness (QED) is 0.674. The second-order valence-corrected chi connectivity index (χ2v) is 12.1. The van der Waals surface area contributed by atoms with Gasteiger partial charge in [0.25, 0.3) is 0 Å². The molecule has 0 amide bonds. The number of hydrogen-bond acceptors (Lipinski definition) is 1. The van der Waals surface area contributed by atoms with Crippen LogP contribution in [0.4, 0.5) is 0 Å². The molecule has 0 aliphatic carbocycles. The predicted octanol–water partition coefficient (Wildman–Crippen LogP) is 2.75. The molecule has 0 unspecified atom stereocenters. The zero-order valence-electron chi connectivity index (χ0n) is 7.81. The molecule has 0 aliphatic heterocycles. The summed E-state index contributed by atoms with van der Waals surface area (Å²) in [4.78, 5) is 0. The van der Waals surface area contributed by atoms with E-state index in [1.165, 1.54) is 0 Å². The molecule has 70 valence electrons. The maximum atomic E-state index is 8.91. The van der Waals surface area contributed by atoms with Crippen molar-refractivity contribution in [2.45, 2.75) is 20.8 Å². The Hall–Kier alpha value is 0.680. The van der Waals surface area contributed by atoms with Crippen LogP contribution < -0.4 is 0 Å². The van der Waals surface area contributed by atoms with E-state index in [1.807, 2.05) is 0 Å². The van der Waals surface area contributed by atoms with E-state index in [9.17, 15) is 0 Å². The van der Waals surface area contributed by atoms with Crippen molar-refractivity contribution >= 4 is 17.2 Å². The Labute approximate surface area is 74.9 Å². The van der Waals surface area contributed by atoms with Crippen LogP contribution in [0, 0.1) is 0 Å². The van der Waals surface area contributed by atoms with Gasteiger partial charge in [-0.25, -0.2) is 0 Å². The first-order chi connectivity index (χ1) is 5.04. The first kappa shape index (κ1) is 11.7. The van der Waals surface area contributed by atoms with Gasteiger partial charge >= 0.3 is 74.3 Å². The molecule has 0 heterocycles. The van der Waals surface area contributed by atoms with Crippen molar-refractivity contribution in [1.82, 2.24) is 0 Å². The standard InChI is InChI=1S/C8H20ClOP/c1-4-11(9,5-2,6-3)8-7-10/h10H,4-8H2,1-3H3. The summed E-state index contributed by atoms with van der Waals surface area (Å²) in [6.07, 6.45) is 4.00. The molecule has 1 N–H and O–H groups in total. The summed E-state index contributed by atoms with van der Waals surface area (Å²) in [7, 11) is 0. The van der Waals surface area contributed by atoms with Crippen molar-refractivity contribution in [3.63, 3.8) is 0 Å². The number of aliphatic hydroxyl groups excluding tert-OH is 1. The van der Waals surface area contributed by atoms with Gasteiger partial charge in [-0.2, -0.15) is 0 Å². The molecule has 0 radical (unpaired) electrons. The van der Waals surface area contributed by atoms with Crippen LogP contribution >= 0.6 is 17.2 Å². The van der Waals surface area contributed by atoms with E-state index < -0.39 is 5.96 Å². The Morgan fingerprint density at radius 2 is 1.45 bits per heavy atom. The van der Waals surface area contributed by atoms with Crippen LogP contribution in [0.2, 0.25) is 0 Å². The molecule has 0 aromatic rings. The first-order valence-electron chi connectivity index (χ1n) is 4.37. The number of rotatable bonds is 5. The Bertz CT molecular complexity index is 112. The Morgan fingerprint density at radius 3 is 1.55 bits per heavy atom. The van der Waals surface area contributed by atoms with E-state index in [2.05, 4.69) is 20.8 Å². The summed E-state index contributed by atoms with van der Waals surface area (Å²) in [5.41, 5.74) is 0. The molecule has 0 saturated heterocycles. The molecule has 1 nitrogen and oxygen atoms in total. The van der Waals surface area contributed by atoms with Crippen LogP contribution in [-0.2, 0) is 0 Å². The molecule has 0 aromatic heterocycles. The maximum absolute atomic E-state index is 8.91. The minimum absolute atomic E-state index is 0.247. The molecule has 11 heavy (non-hydrogen) atoms. The van der Waals surface area contributed by atoms with E-state index >= 15 is 0 Å². The van der Waals surface area contributed by atoms with Crippen LogP contribution in [0.1, 0.15) is 20.8 Å². The molecule has 0 rings (SSSR count). The van der Waals surface area contributed by atoms with E-state index in [0.29, 0.717) is 0 Å². The minimum atomic E-state index is -1.96. The average Bonchev–Trinajstić information content (AvgIpc) is 2.06. The van der Waals surface area contributed by atoms with Crippen LogP contribution in [0.3, 0.4) is 0 Å². The van der Waals surface area contributed by atoms with Crippen LogP contribution in [0.25, 0.3) is 0 Å². The third kappa shape index (κ3) is 2.57. The normalized spacial score (nSPS) is 15.9. The molecule has 0 atom stereocenters. The predicted molar refractivity (Wildman–Crippen MR) is 56.3 cm³/mol. The third-order valence-electron chi connectivity index (χ3n) is 3.03. The molecule has 0 spiro atoms. The molecular weight excluding hydrogens is 179 g/mol. The van der Waals surface area contributed by atoms with Crippen LogP contribution in [0.15, 0.2) is 0 Å². The fourth-order valence-corrected chi connectivity index (χ4v) is 4.41. The summed E-state index contributed by atoms with van der Waals surface area (Å²) in [6, 6.07) is 0. The first-order valence-corrected chi connectivity index (χ1v) is 8.25. The average molecular weight is 199 g/mol. The molecule has 0 aliphatic rings. The molecule has 0 fully saturated rings. The van der Waals surface area contributed by atoms with Gasteiger partial charge in [0.15, 0.2) is 0 Å². The molecule has 0 bridgehead atoms. The number of halogens is 1. The van der Waals surface area contributed by atoms with Gasteiger partial charge in [0, 0.05) is 0 Å². The van der Waals surface area contributed by atoms with Gasteiger partial charge < -0.3 is 0 Å². The number of aliphatic hydroxyl groups is 1. The zero-order chi connectivity index (χ0) is 8.98. The van der Waals surface area contributed by atoms with Crippen LogP contribution in [-0.4, -0.2) is 36.4 Å². The van der Waals surface area contributed by atoms with Gasteiger partial charge in [0.2, 0.25) is 0 Å². The van der Waals surface area contributed by atoms with Crippen molar-refractivity contribution in [2.75, 3.05) is 31.3 Å². The monoisotopic (exact) mass is 198 g/mol. The van der Waals surface area contributed by atoms with Crippen LogP contribution in [0.5, 0.6) is 0 Å². The summed E-state index contributed by atoms with van der Waals surface area (Å²) in [5, 5.41) is 8.91.